The van der Waals surface area contributed by atoms with Crippen LogP contribution >= 0.6 is 11.6 Å². The van der Waals surface area contributed by atoms with E-state index in [2.05, 4.69) is 13.0 Å². The fourth-order valence-corrected chi connectivity index (χ4v) is 1.85. The predicted molar refractivity (Wildman–Crippen MR) is 58.2 cm³/mol. The zero-order valence-corrected chi connectivity index (χ0v) is 8.72. The van der Waals surface area contributed by atoms with Crippen molar-refractivity contribution in [3.05, 3.63) is 34.9 Å². The van der Waals surface area contributed by atoms with Gasteiger partial charge in [0.2, 0.25) is 0 Å². The highest BCUT2D eigenvalue weighted by Crippen LogP contribution is 2.26. The maximum atomic E-state index is 6.08. The van der Waals surface area contributed by atoms with Crippen molar-refractivity contribution in [3.8, 4) is 0 Å². The molecule has 0 saturated carbocycles. The Bertz CT molecular complexity index is 260. The number of rotatable bonds is 4. The largest absolute Gasteiger partial charge is 0.330 e. The molecule has 0 aliphatic heterocycles. The summed E-state index contributed by atoms with van der Waals surface area (Å²) in [6.07, 6.45) is 2.26. The molecular weight excluding hydrogens is 182 g/mol. The first-order valence-electron chi connectivity index (χ1n) is 4.74. The molecule has 0 aliphatic rings. The van der Waals surface area contributed by atoms with Gasteiger partial charge in [-0.05, 0) is 30.5 Å². The van der Waals surface area contributed by atoms with Crippen LogP contribution in [0.4, 0.5) is 0 Å². The van der Waals surface area contributed by atoms with Gasteiger partial charge in [0, 0.05) is 5.02 Å². The molecule has 0 aliphatic carbocycles. The summed E-state index contributed by atoms with van der Waals surface area (Å²) in [5.74, 6) is 0.415. The Hall–Kier alpha value is -0.530. The molecule has 2 heteroatoms. The summed E-state index contributed by atoms with van der Waals surface area (Å²) in [6, 6.07) is 7.95. The first-order valence-corrected chi connectivity index (χ1v) is 5.11. The fourth-order valence-electron chi connectivity index (χ4n) is 1.55. The molecule has 1 rings (SSSR count). The van der Waals surface area contributed by atoms with Gasteiger partial charge >= 0.3 is 0 Å². The Labute approximate surface area is 84.9 Å². The number of nitrogens with two attached hydrogens (primary N) is 1. The van der Waals surface area contributed by atoms with E-state index in [1.54, 1.807) is 0 Å². The van der Waals surface area contributed by atoms with Crippen LogP contribution in [0.5, 0.6) is 0 Å². The third-order valence-electron chi connectivity index (χ3n) is 2.27. The number of hydrogen-bond donors (Lipinski definition) is 1. The van der Waals surface area contributed by atoms with E-state index in [1.165, 1.54) is 5.56 Å². The molecule has 0 bridgehead atoms. The number of halogens is 1. The fraction of sp³-hybridized carbons (Fsp3) is 0.455. The molecule has 0 radical (unpaired) electrons. The molecule has 1 aromatic rings. The average Bonchev–Trinajstić information content (AvgIpc) is 2.16. The highest BCUT2D eigenvalue weighted by Gasteiger charge is 2.10. The van der Waals surface area contributed by atoms with Gasteiger partial charge in [-0.3, -0.25) is 0 Å². The Balaban J connectivity index is 2.84. The average molecular weight is 198 g/mol. The van der Waals surface area contributed by atoms with Crippen molar-refractivity contribution < 1.29 is 0 Å². The molecule has 0 spiro atoms. The second kappa shape index (κ2) is 5.25. The smallest absolute Gasteiger partial charge is 0.0441 e. The number of hydrogen-bond acceptors (Lipinski definition) is 1. The molecule has 0 saturated heterocycles. The van der Waals surface area contributed by atoms with Crippen molar-refractivity contribution in [1.29, 1.82) is 0 Å². The van der Waals surface area contributed by atoms with E-state index in [0.717, 1.165) is 17.9 Å². The first-order chi connectivity index (χ1) is 6.29. The molecule has 0 aromatic heterocycles. The highest BCUT2D eigenvalue weighted by atomic mass is 35.5. The lowest BCUT2D eigenvalue weighted by Gasteiger charge is -2.15. The van der Waals surface area contributed by atoms with E-state index in [4.69, 9.17) is 17.3 Å². The zero-order valence-electron chi connectivity index (χ0n) is 7.96. The van der Waals surface area contributed by atoms with Gasteiger partial charge in [-0.1, -0.05) is 43.1 Å². The Morgan fingerprint density at radius 2 is 2.08 bits per heavy atom. The lowest BCUT2D eigenvalue weighted by Crippen LogP contribution is -2.12. The SMILES string of the molecule is CCCC(CN)c1ccccc1Cl. The lowest BCUT2D eigenvalue weighted by atomic mass is 9.95. The molecule has 1 unspecified atom stereocenters. The van der Waals surface area contributed by atoms with E-state index >= 15 is 0 Å². The Morgan fingerprint density at radius 1 is 1.38 bits per heavy atom. The van der Waals surface area contributed by atoms with Crippen LogP contribution in [0.2, 0.25) is 5.02 Å². The minimum Gasteiger partial charge on any atom is -0.330 e. The van der Waals surface area contributed by atoms with Gasteiger partial charge in [0.25, 0.3) is 0 Å². The molecule has 1 aromatic carbocycles. The lowest BCUT2D eigenvalue weighted by molar-refractivity contribution is 0.622. The van der Waals surface area contributed by atoms with Crippen molar-refractivity contribution in [2.24, 2.45) is 5.73 Å². The van der Waals surface area contributed by atoms with Crippen LogP contribution in [0.15, 0.2) is 24.3 Å². The summed E-state index contributed by atoms with van der Waals surface area (Å²) < 4.78 is 0. The van der Waals surface area contributed by atoms with Gasteiger partial charge in [-0.15, -0.1) is 0 Å². The molecule has 0 fully saturated rings. The summed E-state index contributed by atoms with van der Waals surface area (Å²) in [7, 11) is 0. The maximum Gasteiger partial charge on any atom is 0.0441 e. The van der Waals surface area contributed by atoms with Crippen molar-refractivity contribution in [2.75, 3.05) is 6.54 Å². The highest BCUT2D eigenvalue weighted by molar-refractivity contribution is 6.31. The van der Waals surface area contributed by atoms with Gasteiger partial charge in [0.1, 0.15) is 0 Å². The quantitative estimate of drug-likeness (QED) is 0.789. The van der Waals surface area contributed by atoms with Crippen LogP contribution < -0.4 is 5.73 Å². The minimum absolute atomic E-state index is 0.415. The molecule has 13 heavy (non-hydrogen) atoms. The summed E-state index contributed by atoms with van der Waals surface area (Å²) in [4.78, 5) is 0. The van der Waals surface area contributed by atoms with E-state index < -0.39 is 0 Å². The second-order valence-corrected chi connectivity index (χ2v) is 3.65. The van der Waals surface area contributed by atoms with Crippen LogP contribution in [-0.2, 0) is 0 Å². The monoisotopic (exact) mass is 197 g/mol. The Kier molecular flexibility index (Phi) is 4.26. The van der Waals surface area contributed by atoms with Crippen molar-refractivity contribution in [3.63, 3.8) is 0 Å². The van der Waals surface area contributed by atoms with Gasteiger partial charge in [-0.2, -0.15) is 0 Å². The van der Waals surface area contributed by atoms with Crippen LogP contribution in [-0.4, -0.2) is 6.54 Å². The van der Waals surface area contributed by atoms with E-state index in [1.807, 2.05) is 18.2 Å². The first kappa shape index (κ1) is 10.6. The molecule has 2 N–H and O–H groups in total. The predicted octanol–water partition coefficient (Wildman–Crippen LogP) is 3.18. The van der Waals surface area contributed by atoms with Gasteiger partial charge in [0.15, 0.2) is 0 Å². The van der Waals surface area contributed by atoms with E-state index in [0.29, 0.717) is 12.5 Å². The molecule has 72 valence electrons. The summed E-state index contributed by atoms with van der Waals surface area (Å²) >= 11 is 6.08. The molecule has 1 nitrogen and oxygen atoms in total. The van der Waals surface area contributed by atoms with Gasteiger partial charge in [-0.25, -0.2) is 0 Å². The molecule has 1 atom stereocenters. The molecule has 0 heterocycles. The minimum atomic E-state index is 0.415. The topological polar surface area (TPSA) is 26.0 Å². The van der Waals surface area contributed by atoms with Crippen molar-refractivity contribution in [1.82, 2.24) is 0 Å². The zero-order chi connectivity index (χ0) is 9.68. The third-order valence-corrected chi connectivity index (χ3v) is 2.61. The summed E-state index contributed by atoms with van der Waals surface area (Å²) in [6.45, 7) is 2.84. The Morgan fingerprint density at radius 3 is 2.62 bits per heavy atom. The van der Waals surface area contributed by atoms with Gasteiger partial charge in [0.05, 0.1) is 0 Å². The van der Waals surface area contributed by atoms with Crippen molar-refractivity contribution >= 4 is 11.6 Å². The van der Waals surface area contributed by atoms with Crippen LogP contribution in [0, 0.1) is 0 Å². The standard InChI is InChI=1S/C11H16ClN/c1-2-5-9(8-13)10-6-3-4-7-11(10)12/h3-4,6-7,9H,2,5,8,13H2,1H3. The van der Waals surface area contributed by atoms with E-state index in [9.17, 15) is 0 Å². The van der Waals surface area contributed by atoms with Crippen LogP contribution in [0.3, 0.4) is 0 Å². The van der Waals surface area contributed by atoms with Crippen LogP contribution in [0.1, 0.15) is 31.2 Å². The number of benzene rings is 1. The van der Waals surface area contributed by atoms with Crippen molar-refractivity contribution in [2.45, 2.75) is 25.7 Å². The van der Waals surface area contributed by atoms with E-state index in [-0.39, 0.29) is 0 Å². The molecular formula is C11H16ClN. The third kappa shape index (κ3) is 2.71. The molecule has 0 amide bonds. The van der Waals surface area contributed by atoms with Gasteiger partial charge < -0.3 is 5.73 Å². The normalized spacial score (nSPS) is 12.8. The second-order valence-electron chi connectivity index (χ2n) is 3.24. The summed E-state index contributed by atoms with van der Waals surface area (Å²) in [5.41, 5.74) is 6.89. The van der Waals surface area contributed by atoms with Crippen LogP contribution in [0.25, 0.3) is 0 Å². The maximum absolute atomic E-state index is 6.08. The summed E-state index contributed by atoms with van der Waals surface area (Å²) in [5, 5.41) is 0.839.